The number of Topliss-reactive ketones (excluding diaryl/α,β-unsaturated/α-hetero) is 1. The van der Waals surface area contributed by atoms with E-state index in [1.807, 2.05) is 30.3 Å². The van der Waals surface area contributed by atoms with Gasteiger partial charge in [0.15, 0.2) is 5.78 Å². The molecular weight excluding hydrogens is 212 g/mol. The van der Waals surface area contributed by atoms with Gasteiger partial charge in [0.05, 0.1) is 11.6 Å². The summed E-state index contributed by atoms with van der Waals surface area (Å²) in [5.41, 5.74) is 1.72. The van der Waals surface area contributed by atoms with Crippen LogP contribution in [0.2, 0.25) is 0 Å². The summed E-state index contributed by atoms with van der Waals surface area (Å²) in [4.78, 5) is 16.5. The maximum Gasteiger partial charge on any atom is 0.179 e. The Balaban J connectivity index is 1.97. The smallest absolute Gasteiger partial charge is 0.179 e. The van der Waals surface area contributed by atoms with Gasteiger partial charge in [-0.1, -0.05) is 6.07 Å². The Hall–Kier alpha value is -1.74. The van der Waals surface area contributed by atoms with Crippen LogP contribution in [0.4, 0.5) is 0 Å². The van der Waals surface area contributed by atoms with E-state index >= 15 is 0 Å². The van der Waals surface area contributed by atoms with Gasteiger partial charge in [0.1, 0.15) is 0 Å². The van der Waals surface area contributed by atoms with E-state index in [9.17, 15) is 4.79 Å². The lowest BCUT2D eigenvalue weighted by molar-refractivity contribution is 0.0952. The minimum Gasteiger partial charge on any atom is -0.307 e. The summed E-state index contributed by atoms with van der Waals surface area (Å²) in [5, 5.41) is 4.26. The zero-order chi connectivity index (χ0) is 11.7. The number of carbonyl (C=O) groups is 1. The molecule has 1 N–H and O–H groups in total. The van der Waals surface area contributed by atoms with Crippen molar-refractivity contribution < 1.29 is 4.79 Å². The second-order valence-corrected chi connectivity index (χ2v) is 4.42. The zero-order valence-electron chi connectivity index (χ0n) is 9.52. The van der Waals surface area contributed by atoms with Crippen molar-refractivity contribution in [2.45, 2.75) is 18.9 Å². The van der Waals surface area contributed by atoms with Crippen LogP contribution in [0.25, 0.3) is 10.9 Å². The number of benzene rings is 1. The predicted molar refractivity (Wildman–Crippen MR) is 67.1 cm³/mol. The van der Waals surface area contributed by atoms with Crippen molar-refractivity contribution in [1.82, 2.24) is 10.3 Å². The minimum absolute atomic E-state index is 0.00382. The van der Waals surface area contributed by atoms with Crippen LogP contribution in [0.15, 0.2) is 36.5 Å². The molecule has 3 rings (SSSR count). The first kappa shape index (κ1) is 10.4. The molecule has 0 radical (unpaired) electrons. The molecule has 0 spiro atoms. The van der Waals surface area contributed by atoms with Crippen LogP contribution in [-0.2, 0) is 0 Å². The highest BCUT2D eigenvalue weighted by Gasteiger charge is 2.23. The third-order valence-corrected chi connectivity index (χ3v) is 3.26. The maximum absolute atomic E-state index is 12.2. The molecule has 2 aromatic rings. The van der Waals surface area contributed by atoms with Gasteiger partial charge in [0.2, 0.25) is 0 Å². The van der Waals surface area contributed by atoms with Crippen molar-refractivity contribution in [3.05, 3.63) is 42.1 Å². The summed E-state index contributed by atoms with van der Waals surface area (Å²) in [7, 11) is 0. The third kappa shape index (κ3) is 1.94. The van der Waals surface area contributed by atoms with Gasteiger partial charge in [-0.15, -0.1) is 0 Å². The predicted octanol–water partition coefficient (Wildman–Crippen LogP) is 2.17. The largest absolute Gasteiger partial charge is 0.307 e. The van der Waals surface area contributed by atoms with Gasteiger partial charge in [0.25, 0.3) is 0 Å². The van der Waals surface area contributed by atoms with Gasteiger partial charge >= 0.3 is 0 Å². The summed E-state index contributed by atoms with van der Waals surface area (Å²) in [5.74, 6) is 0.202. The van der Waals surface area contributed by atoms with Crippen LogP contribution in [-0.4, -0.2) is 23.4 Å². The average Bonchev–Trinajstić information content (AvgIpc) is 2.91. The van der Waals surface area contributed by atoms with E-state index in [-0.39, 0.29) is 11.8 Å². The van der Waals surface area contributed by atoms with E-state index < -0.39 is 0 Å². The Morgan fingerprint density at radius 1 is 1.35 bits per heavy atom. The maximum atomic E-state index is 12.2. The highest BCUT2D eigenvalue weighted by atomic mass is 16.1. The van der Waals surface area contributed by atoms with E-state index in [0.717, 1.165) is 35.9 Å². The summed E-state index contributed by atoms with van der Waals surface area (Å²) in [6.07, 6.45) is 3.80. The molecule has 1 saturated heterocycles. The van der Waals surface area contributed by atoms with Gasteiger partial charge in [0, 0.05) is 17.1 Å². The molecule has 1 atom stereocenters. The summed E-state index contributed by atoms with van der Waals surface area (Å²) in [6.45, 7) is 0.950. The van der Waals surface area contributed by atoms with Gasteiger partial charge in [-0.2, -0.15) is 0 Å². The van der Waals surface area contributed by atoms with Crippen LogP contribution < -0.4 is 5.32 Å². The molecule has 1 aromatic carbocycles. The van der Waals surface area contributed by atoms with Crippen molar-refractivity contribution in [2.24, 2.45) is 0 Å². The second kappa shape index (κ2) is 4.26. The number of nitrogens with one attached hydrogen (secondary N) is 1. The summed E-state index contributed by atoms with van der Waals surface area (Å²) >= 11 is 0. The zero-order valence-corrected chi connectivity index (χ0v) is 9.52. The van der Waals surface area contributed by atoms with Crippen molar-refractivity contribution in [1.29, 1.82) is 0 Å². The number of hydrogen-bond donors (Lipinski definition) is 1. The number of fused-ring (bicyclic) bond motifs is 1. The lowest BCUT2D eigenvalue weighted by Crippen LogP contribution is -2.30. The fourth-order valence-corrected chi connectivity index (χ4v) is 2.34. The lowest BCUT2D eigenvalue weighted by atomic mass is 10.0. The van der Waals surface area contributed by atoms with E-state index in [0.29, 0.717) is 0 Å². The molecule has 0 amide bonds. The van der Waals surface area contributed by atoms with Crippen molar-refractivity contribution in [3.63, 3.8) is 0 Å². The average molecular weight is 226 g/mol. The molecule has 0 saturated carbocycles. The van der Waals surface area contributed by atoms with Gasteiger partial charge in [-0.25, -0.2) is 0 Å². The third-order valence-electron chi connectivity index (χ3n) is 3.26. The van der Waals surface area contributed by atoms with Gasteiger partial charge in [-0.3, -0.25) is 9.78 Å². The molecule has 1 aliphatic heterocycles. The molecule has 17 heavy (non-hydrogen) atoms. The number of nitrogens with zero attached hydrogens (tertiary/aromatic N) is 1. The highest BCUT2D eigenvalue weighted by Crippen LogP contribution is 2.17. The molecule has 0 bridgehead atoms. The number of hydrogen-bond acceptors (Lipinski definition) is 3. The van der Waals surface area contributed by atoms with Crippen molar-refractivity contribution in [3.8, 4) is 0 Å². The fourth-order valence-electron chi connectivity index (χ4n) is 2.34. The molecule has 1 fully saturated rings. The van der Waals surface area contributed by atoms with Crippen LogP contribution in [0.5, 0.6) is 0 Å². The van der Waals surface area contributed by atoms with Crippen molar-refractivity contribution >= 4 is 16.7 Å². The SMILES string of the molecule is O=C(c1ccc2ncccc2c1)C1CCCN1. The first-order valence-electron chi connectivity index (χ1n) is 5.97. The number of ketones is 1. The number of pyridine rings is 1. The number of aromatic nitrogens is 1. The van der Waals surface area contributed by atoms with Crippen LogP contribution in [0, 0.1) is 0 Å². The molecule has 2 heterocycles. The Bertz CT molecular complexity index is 559. The summed E-state index contributed by atoms with van der Waals surface area (Å²) < 4.78 is 0. The van der Waals surface area contributed by atoms with Crippen molar-refractivity contribution in [2.75, 3.05) is 6.54 Å². The van der Waals surface area contributed by atoms with Gasteiger partial charge < -0.3 is 5.32 Å². The van der Waals surface area contributed by atoms with E-state index in [1.165, 1.54) is 0 Å². The number of rotatable bonds is 2. The Morgan fingerprint density at radius 2 is 2.29 bits per heavy atom. The van der Waals surface area contributed by atoms with E-state index in [1.54, 1.807) is 6.20 Å². The Kier molecular flexibility index (Phi) is 2.61. The molecule has 86 valence electrons. The topological polar surface area (TPSA) is 42.0 Å². The monoisotopic (exact) mass is 226 g/mol. The molecule has 1 aliphatic rings. The Labute approximate surface area is 99.9 Å². The van der Waals surface area contributed by atoms with E-state index in [2.05, 4.69) is 10.3 Å². The molecule has 0 aliphatic carbocycles. The molecule has 3 heteroatoms. The molecular formula is C14H14N2O. The highest BCUT2D eigenvalue weighted by molar-refractivity contribution is 6.02. The lowest BCUT2D eigenvalue weighted by Gasteiger charge is -2.09. The first-order chi connectivity index (χ1) is 8.34. The Morgan fingerprint density at radius 3 is 3.12 bits per heavy atom. The molecule has 3 nitrogen and oxygen atoms in total. The quantitative estimate of drug-likeness (QED) is 0.798. The fraction of sp³-hybridized carbons (Fsp3) is 0.286. The normalized spacial score (nSPS) is 19.6. The second-order valence-electron chi connectivity index (χ2n) is 4.42. The van der Waals surface area contributed by atoms with Crippen LogP contribution in [0.3, 0.4) is 0 Å². The van der Waals surface area contributed by atoms with Crippen LogP contribution >= 0.6 is 0 Å². The van der Waals surface area contributed by atoms with Gasteiger partial charge in [-0.05, 0) is 43.7 Å². The minimum atomic E-state index is 0.00382. The standard InChI is InChI=1S/C14H14N2O/c17-14(13-4-2-8-16-13)11-5-6-12-10(9-11)3-1-7-15-12/h1,3,5-7,9,13,16H,2,4,8H2. The first-order valence-corrected chi connectivity index (χ1v) is 5.97. The molecule has 1 unspecified atom stereocenters. The molecule has 1 aromatic heterocycles. The number of carbonyl (C=O) groups excluding carboxylic acids is 1. The summed E-state index contributed by atoms with van der Waals surface area (Å²) in [6, 6.07) is 9.61. The van der Waals surface area contributed by atoms with E-state index in [4.69, 9.17) is 0 Å². The van der Waals surface area contributed by atoms with Crippen LogP contribution in [0.1, 0.15) is 23.2 Å².